The fraction of sp³-hybridized carbons (Fsp3) is 0.500. The van der Waals surface area contributed by atoms with Crippen LogP contribution in [0.15, 0.2) is 6.20 Å². The largest absolute Gasteiger partial charge is 0.416 e. The number of aromatic amines is 1. The molecule has 0 aromatic carbocycles. The number of amides is 1. The molecular weight excluding hydrogens is 227 g/mol. The molecule has 0 fully saturated rings. The summed E-state index contributed by atoms with van der Waals surface area (Å²) in [5.74, 6) is -0.713. The number of halogens is 3. The van der Waals surface area contributed by atoms with Crippen LogP contribution in [0.2, 0.25) is 0 Å². The van der Waals surface area contributed by atoms with E-state index in [0.29, 0.717) is 5.69 Å². The third kappa shape index (κ3) is 2.96. The molecule has 1 rings (SSSR count). The zero-order valence-electron chi connectivity index (χ0n) is 8.30. The quantitative estimate of drug-likeness (QED) is 0.710. The Hall–Kier alpha value is -1.57. The predicted molar refractivity (Wildman–Crippen MR) is 47.7 cm³/mol. The Labute approximate surface area is 88.7 Å². The Balaban J connectivity index is 2.52. The number of hydrogen-bond acceptors (Lipinski definition) is 3. The number of hydrogen-bond donors (Lipinski definition) is 3. The molecule has 0 spiro atoms. The maximum absolute atomic E-state index is 11.9. The number of nitrogens with one attached hydrogen (secondary N) is 2. The molecule has 90 valence electrons. The van der Waals surface area contributed by atoms with E-state index in [1.807, 2.05) is 5.32 Å². The summed E-state index contributed by atoms with van der Waals surface area (Å²) >= 11 is 0. The first-order chi connectivity index (χ1) is 7.32. The molecule has 0 aliphatic carbocycles. The Morgan fingerprint density at radius 3 is 2.75 bits per heavy atom. The number of rotatable bonds is 3. The zero-order chi connectivity index (χ0) is 12.3. The lowest BCUT2D eigenvalue weighted by Gasteiger charge is -2.14. The van der Waals surface area contributed by atoms with Crippen LogP contribution in [0.4, 0.5) is 13.2 Å². The Morgan fingerprint density at radius 2 is 2.31 bits per heavy atom. The summed E-state index contributed by atoms with van der Waals surface area (Å²) in [5.41, 5.74) is 0.591. The fourth-order valence-electron chi connectivity index (χ4n) is 0.980. The number of carbonyl (C=O) groups is 1. The Bertz CT molecular complexity index is 375. The second kappa shape index (κ2) is 4.52. The molecule has 16 heavy (non-hydrogen) atoms. The third-order valence-electron chi connectivity index (χ3n) is 1.91. The van der Waals surface area contributed by atoms with Crippen LogP contribution in [-0.2, 0) is 0 Å². The van der Waals surface area contributed by atoms with Crippen molar-refractivity contribution in [3.8, 4) is 0 Å². The van der Waals surface area contributed by atoms with Crippen molar-refractivity contribution in [3.05, 3.63) is 17.5 Å². The van der Waals surface area contributed by atoms with Gasteiger partial charge in [0.1, 0.15) is 0 Å². The third-order valence-corrected chi connectivity index (χ3v) is 1.91. The van der Waals surface area contributed by atoms with Crippen molar-refractivity contribution in [1.29, 1.82) is 0 Å². The molecule has 0 saturated heterocycles. The van der Waals surface area contributed by atoms with Crippen LogP contribution >= 0.6 is 0 Å². The van der Waals surface area contributed by atoms with E-state index < -0.39 is 24.7 Å². The zero-order valence-corrected chi connectivity index (χ0v) is 8.30. The molecule has 0 aliphatic rings. The lowest BCUT2D eigenvalue weighted by Crippen LogP contribution is -2.40. The van der Waals surface area contributed by atoms with Crippen molar-refractivity contribution in [2.45, 2.75) is 19.2 Å². The van der Waals surface area contributed by atoms with Crippen LogP contribution in [0.5, 0.6) is 0 Å². The number of aliphatic hydroxyl groups excluding tert-OH is 1. The van der Waals surface area contributed by atoms with E-state index in [1.165, 1.54) is 6.20 Å². The van der Waals surface area contributed by atoms with Gasteiger partial charge in [-0.3, -0.25) is 9.89 Å². The molecule has 3 N–H and O–H groups in total. The summed E-state index contributed by atoms with van der Waals surface area (Å²) in [5, 5.41) is 16.6. The van der Waals surface area contributed by atoms with Gasteiger partial charge in [0.15, 0.2) is 6.10 Å². The van der Waals surface area contributed by atoms with Crippen LogP contribution < -0.4 is 5.32 Å². The number of carbonyl (C=O) groups excluding carboxylic acids is 1. The van der Waals surface area contributed by atoms with Gasteiger partial charge in [0.2, 0.25) is 0 Å². The maximum Gasteiger partial charge on any atom is 0.416 e. The molecule has 0 radical (unpaired) electrons. The van der Waals surface area contributed by atoms with Gasteiger partial charge >= 0.3 is 6.18 Å². The van der Waals surface area contributed by atoms with Crippen molar-refractivity contribution < 1.29 is 23.1 Å². The molecular formula is C8H10F3N3O2. The average molecular weight is 237 g/mol. The molecule has 1 heterocycles. The molecule has 5 nitrogen and oxygen atoms in total. The highest BCUT2D eigenvalue weighted by atomic mass is 19.4. The Morgan fingerprint density at radius 1 is 1.69 bits per heavy atom. The van der Waals surface area contributed by atoms with E-state index in [1.54, 1.807) is 6.92 Å². The van der Waals surface area contributed by atoms with E-state index in [0.717, 1.165) is 0 Å². The SMILES string of the molecule is Cc1[nH]ncc1C(=O)NCC(O)C(F)(F)F. The lowest BCUT2D eigenvalue weighted by molar-refractivity contribution is -0.201. The van der Waals surface area contributed by atoms with Crippen molar-refractivity contribution >= 4 is 5.91 Å². The molecule has 0 aliphatic heterocycles. The maximum atomic E-state index is 11.9. The van der Waals surface area contributed by atoms with Crippen molar-refractivity contribution in [1.82, 2.24) is 15.5 Å². The smallest absolute Gasteiger partial charge is 0.382 e. The summed E-state index contributed by atoms with van der Waals surface area (Å²) in [6.07, 6.45) is -6.10. The van der Waals surface area contributed by atoms with E-state index >= 15 is 0 Å². The van der Waals surface area contributed by atoms with Gasteiger partial charge in [0.25, 0.3) is 5.91 Å². The highest BCUT2D eigenvalue weighted by molar-refractivity contribution is 5.94. The first kappa shape index (κ1) is 12.5. The number of aromatic nitrogens is 2. The number of nitrogens with zero attached hydrogens (tertiary/aromatic N) is 1. The van der Waals surface area contributed by atoms with E-state index in [9.17, 15) is 18.0 Å². The highest BCUT2D eigenvalue weighted by Gasteiger charge is 2.38. The molecule has 8 heteroatoms. The van der Waals surface area contributed by atoms with Crippen molar-refractivity contribution in [2.75, 3.05) is 6.54 Å². The van der Waals surface area contributed by atoms with Gasteiger partial charge in [-0.2, -0.15) is 18.3 Å². The van der Waals surface area contributed by atoms with Gasteiger partial charge in [0.05, 0.1) is 18.3 Å². The summed E-state index contributed by atoms with van der Waals surface area (Å²) < 4.78 is 35.7. The minimum atomic E-state index is -4.74. The van der Waals surface area contributed by atoms with Crippen LogP contribution in [0.25, 0.3) is 0 Å². The van der Waals surface area contributed by atoms with Gasteiger partial charge < -0.3 is 10.4 Å². The first-order valence-electron chi connectivity index (χ1n) is 4.35. The minimum Gasteiger partial charge on any atom is -0.382 e. The predicted octanol–water partition coefficient (Wildman–Crippen LogP) is 0.371. The molecule has 1 aromatic heterocycles. The molecule has 0 saturated carbocycles. The van der Waals surface area contributed by atoms with Gasteiger partial charge in [-0.25, -0.2) is 0 Å². The number of alkyl halides is 3. The highest BCUT2D eigenvalue weighted by Crippen LogP contribution is 2.19. The van der Waals surface area contributed by atoms with Crippen LogP contribution in [0, 0.1) is 6.92 Å². The molecule has 1 atom stereocenters. The summed E-state index contributed by atoms with van der Waals surface area (Å²) in [6, 6.07) is 0. The standard InChI is InChI=1S/C8H10F3N3O2/c1-4-5(2-13-14-4)7(16)12-3-6(15)8(9,10)11/h2,6,15H,3H2,1H3,(H,12,16)(H,13,14). The molecule has 1 aromatic rings. The summed E-state index contributed by atoms with van der Waals surface area (Å²) in [6.45, 7) is 0.676. The fourth-order valence-corrected chi connectivity index (χ4v) is 0.980. The lowest BCUT2D eigenvalue weighted by atomic mass is 10.2. The van der Waals surface area contributed by atoms with E-state index in [4.69, 9.17) is 5.11 Å². The average Bonchev–Trinajstić information content (AvgIpc) is 2.58. The van der Waals surface area contributed by atoms with Gasteiger partial charge in [-0.1, -0.05) is 0 Å². The molecule has 1 amide bonds. The van der Waals surface area contributed by atoms with Gasteiger partial charge in [-0.15, -0.1) is 0 Å². The van der Waals surface area contributed by atoms with Crippen LogP contribution in [0.3, 0.4) is 0 Å². The topological polar surface area (TPSA) is 78.0 Å². The van der Waals surface area contributed by atoms with Crippen LogP contribution in [-0.4, -0.2) is 40.0 Å². The van der Waals surface area contributed by atoms with E-state index in [2.05, 4.69) is 10.2 Å². The number of aryl methyl sites for hydroxylation is 1. The van der Waals surface area contributed by atoms with Crippen molar-refractivity contribution in [3.63, 3.8) is 0 Å². The Kier molecular flexibility index (Phi) is 3.53. The summed E-state index contributed by atoms with van der Waals surface area (Å²) in [7, 11) is 0. The van der Waals surface area contributed by atoms with Crippen LogP contribution in [0.1, 0.15) is 16.1 Å². The monoisotopic (exact) mass is 237 g/mol. The second-order valence-electron chi connectivity index (χ2n) is 3.18. The minimum absolute atomic E-state index is 0.148. The second-order valence-corrected chi connectivity index (χ2v) is 3.18. The molecule has 0 bridgehead atoms. The molecule has 1 unspecified atom stereocenters. The van der Waals surface area contributed by atoms with Gasteiger partial charge in [0, 0.05) is 5.69 Å². The normalized spacial score (nSPS) is 13.6. The van der Waals surface area contributed by atoms with E-state index in [-0.39, 0.29) is 5.56 Å². The first-order valence-corrected chi connectivity index (χ1v) is 4.35. The summed E-state index contributed by atoms with van der Waals surface area (Å²) in [4.78, 5) is 11.3. The van der Waals surface area contributed by atoms with Gasteiger partial charge in [-0.05, 0) is 6.92 Å². The number of H-pyrrole nitrogens is 1. The van der Waals surface area contributed by atoms with Crippen molar-refractivity contribution in [2.24, 2.45) is 0 Å². The number of aliphatic hydroxyl groups is 1.